The van der Waals surface area contributed by atoms with E-state index in [1.807, 2.05) is 24.4 Å². The van der Waals surface area contributed by atoms with Crippen LogP contribution in [0.5, 0.6) is 0 Å². The second-order valence-electron chi connectivity index (χ2n) is 5.97. The molecular weight excluding hydrogens is 344 g/mol. The maximum Gasteiger partial charge on any atom is 0.411 e. The standard InChI is InChI=1S/C16H20N4O4S/c1-25(22,23)7-6-24-16(21)19-13-3-2-12-4-5-20(15(12)8-13)10-14-9-17-11-18-14/h2-3,8-9,11H,4-7,10H2,1H3,(H,17,18)(H,19,21). The summed E-state index contributed by atoms with van der Waals surface area (Å²) in [5.74, 6) is -0.192. The number of rotatable bonds is 6. The number of hydrogen-bond donors (Lipinski definition) is 2. The van der Waals surface area contributed by atoms with Crippen molar-refractivity contribution >= 4 is 27.3 Å². The summed E-state index contributed by atoms with van der Waals surface area (Å²) in [6.07, 6.45) is 4.89. The van der Waals surface area contributed by atoms with Crippen LogP contribution in [0.15, 0.2) is 30.7 Å². The summed E-state index contributed by atoms with van der Waals surface area (Å²) in [5, 5.41) is 2.63. The van der Waals surface area contributed by atoms with Gasteiger partial charge in [0.2, 0.25) is 0 Å². The molecule has 1 amide bonds. The van der Waals surface area contributed by atoms with Crippen LogP contribution in [0.1, 0.15) is 11.3 Å². The van der Waals surface area contributed by atoms with Crippen molar-refractivity contribution in [3.8, 4) is 0 Å². The molecule has 1 aromatic carbocycles. The highest BCUT2D eigenvalue weighted by Gasteiger charge is 2.20. The minimum absolute atomic E-state index is 0.166. The van der Waals surface area contributed by atoms with E-state index in [9.17, 15) is 13.2 Å². The molecule has 0 aliphatic carbocycles. The Labute approximate surface area is 146 Å². The Balaban J connectivity index is 1.61. The van der Waals surface area contributed by atoms with E-state index >= 15 is 0 Å². The number of anilines is 2. The number of nitrogens with one attached hydrogen (secondary N) is 2. The molecule has 0 spiro atoms. The summed E-state index contributed by atoms with van der Waals surface area (Å²) in [4.78, 5) is 21.2. The Kier molecular flexibility index (Phi) is 4.93. The number of ether oxygens (including phenoxy) is 1. The van der Waals surface area contributed by atoms with Crippen LogP contribution in [0, 0.1) is 0 Å². The zero-order valence-corrected chi connectivity index (χ0v) is 14.7. The molecule has 0 bridgehead atoms. The first-order valence-corrected chi connectivity index (χ1v) is 9.94. The van der Waals surface area contributed by atoms with E-state index in [0.29, 0.717) is 12.2 Å². The summed E-state index contributed by atoms with van der Waals surface area (Å²) in [6.45, 7) is 1.42. The number of aromatic amines is 1. The van der Waals surface area contributed by atoms with Gasteiger partial charge in [-0.1, -0.05) is 6.07 Å². The summed E-state index contributed by atoms with van der Waals surface area (Å²) in [7, 11) is -3.15. The lowest BCUT2D eigenvalue weighted by Crippen LogP contribution is -2.20. The molecule has 1 aliphatic rings. The summed E-state index contributed by atoms with van der Waals surface area (Å²) in [5.41, 5.74) is 3.83. The Morgan fingerprint density at radius 3 is 3.00 bits per heavy atom. The highest BCUT2D eigenvalue weighted by molar-refractivity contribution is 7.90. The Hall–Kier alpha value is -2.55. The number of H-pyrrole nitrogens is 1. The van der Waals surface area contributed by atoms with E-state index in [1.54, 1.807) is 6.33 Å². The van der Waals surface area contributed by atoms with E-state index in [4.69, 9.17) is 4.74 Å². The summed E-state index contributed by atoms with van der Waals surface area (Å²) in [6, 6.07) is 5.69. The number of aromatic nitrogens is 2. The molecule has 9 heteroatoms. The van der Waals surface area contributed by atoms with Gasteiger partial charge in [0, 0.05) is 30.4 Å². The van der Waals surface area contributed by atoms with E-state index in [2.05, 4.69) is 20.2 Å². The van der Waals surface area contributed by atoms with E-state index < -0.39 is 15.9 Å². The molecule has 1 aromatic heterocycles. The number of imidazole rings is 1. The first-order valence-electron chi connectivity index (χ1n) is 7.88. The normalized spacial score (nSPS) is 13.6. The zero-order valence-electron chi connectivity index (χ0n) is 13.9. The molecule has 8 nitrogen and oxygen atoms in total. The molecule has 2 N–H and O–H groups in total. The number of nitrogens with zero attached hydrogens (tertiary/aromatic N) is 2. The van der Waals surface area contributed by atoms with Gasteiger partial charge in [-0.3, -0.25) is 5.32 Å². The van der Waals surface area contributed by atoms with Crippen molar-refractivity contribution in [1.82, 2.24) is 9.97 Å². The second-order valence-corrected chi connectivity index (χ2v) is 8.23. The fraction of sp³-hybridized carbons (Fsp3) is 0.375. The number of benzene rings is 1. The van der Waals surface area contributed by atoms with Crippen LogP contribution in [0.4, 0.5) is 16.2 Å². The van der Waals surface area contributed by atoms with Gasteiger partial charge in [-0.05, 0) is 24.1 Å². The smallest absolute Gasteiger partial charge is 0.411 e. The lowest BCUT2D eigenvalue weighted by atomic mass is 10.1. The third kappa shape index (κ3) is 4.72. The Morgan fingerprint density at radius 2 is 2.28 bits per heavy atom. The molecule has 0 saturated carbocycles. The average molecular weight is 364 g/mol. The fourth-order valence-electron chi connectivity index (χ4n) is 2.70. The van der Waals surface area contributed by atoms with Crippen molar-refractivity contribution in [1.29, 1.82) is 0 Å². The number of sulfone groups is 1. The summed E-state index contributed by atoms with van der Waals surface area (Å²) >= 11 is 0. The molecule has 2 aromatic rings. The van der Waals surface area contributed by atoms with Crippen molar-refractivity contribution in [3.05, 3.63) is 42.0 Å². The van der Waals surface area contributed by atoms with Crippen molar-refractivity contribution < 1.29 is 17.9 Å². The van der Waals surface area contributed by atoms with Gasteiger partial charge in [-0.15, -0.1) is 0 Å². The highest BCUT2D eigenvalue weighted by Crippen LogP contribution is 2.31. The van der Waals surface area contributed by atoms with Gasteiger partial charge in [0.15, 0.2) is 9.84 Å². The molecule has 25 heavy (non-hydrogen) atoms. The highest BCUT2D eigenvalue weighted by atomic mass is 32.2. The topological polar surface area (TPSA) is 104 Å². The fourth-order valence-corrected chi connectivity index (χ4v) is 3.09. The molecule has 2 heterocycles. The quantitative estimate of drug-likeness (QED) is 0.806. The Morgan fingerprint density at radius 1 is 1.44 bits per heavy atom. The van der Waals surface area contributed by atoms with E-state index in [0.717, 1.165) is 30.6 Å². The lowest BCUT2D eigenvalue weighted by Gasteiger charge is -2.19. The molecule has 1 aliphatic heterocycles. The second kappa shape index (κ2) is 7.14. The maximum absolute atomic E-state index is 11.8. The van der Waals surface area contributed by atoms with Crippen LogP contribution in [-0.2, 0) is 27.5 Å². The van der Waals surface area contributed by atoms with Crippen LogP contribution < -0.4 is 10.2 Å². The van der Waals surface area contributed by atoms with Gasteiger partial charge >= 0.3 is 6.09 Å². The molecule has 0 atom stereocenters. The van der Waals surface area contributed by atoms with Crippen LogP contribution in [0.2, 0.25) is 0 Å². The molecule has 0 radical (unpaired) electrons. The van der Waals surface area contributed by atoms with Crippen LogP contribution in [-0.4, -0.2) is 49.6 Å². The minimum atomic E-state index is -3.15. The first kappa shape index (κ1) is 17.3. The third-order valence-electron chi connectivity index (χ3n) is 3.92. The molecule has 0 saturated heterocycles. The monoisotopic (exact) mass is 364 g/mol. The molecule has 134 valence electrons. The van der Waals surface area contributed by atoms with Crippen LogP contribution >= 0.6 is 0 Å². The van der Waals surface area contributed by atoms with Crippen LogP contribution in [0.3, 0.4) is 0 Å². The molecular formula is C16H20N4O4S. The van der Waals surface area contributed by atoms with Crippen molar-refractivity contribution in [3.63, 3.8) is 0 Å². The first-order chi connectivity index (χ1) is 11.9. The Bertz CT molecular complexity index is 849. The predicted molar refractivity (Wildman–Crippen MR) is 94.5 cm³/mol. The number of carbonyl (C=O) groups excluding carboxylic acids is 1. The number of amides is 1. The number of hydrogen-bond acceptors (Lipinski definition) is 6. The van der Waals surface area contributed by atoms with Crippen molar-refractivity contribution in [2.24, 2.45) is 0 Å². The van der Waals surface area contributed by atoms with Crippen molar-refractivity contribution in [2.45, 2.75) is 13.0 Å². The lowest BCUT2D eigenvalue weighted by molar-refractivity contribution is 0.168. The SMILES string of the molecule is CS(=O)(=O)CCOC(=O)Nc1ccc2c(c1)N(Cc1c[nH]cn1)CC2. The third-order valence-corrected chi connectivity index (χ3v) is 4.83. The van der Waals surface area contributed by atoms with Gasteiger partial charge in [-0.2, -0.15) is 0 Å². The van der Waals surface area contributed by atoms with Crippen LogP contribution in [0.25, 0.3) is 0 Å². The van der Waals surface area contributed by atoms with Gasteiger partial charge < -0.3 is 14.6 Å². The predicted octanol–water partition coefficient (Wildman–Crippen LogP) is 1.57. The molecule has 0 unspecified atom stereocenters. The maximum atomic E-state index is 11.8. The number of carbonyl (C=O) groups is 1. The average Bonchev–Trinajstić information content (AvgIpc) is 3.17. The molecule has 0 fully saturated rings. The summed E-state index contributed by atoms with van der Waals surface area (Å²) < 4.78 is 27.0. The zero-order chi connectivity index (χ0) is 17.9. The van der Waals surface area contributed by atoms with E-state index in [1.165, 1.54) is 5.56 Å². The largest absolute Gasteiger partial charge is 0.448 e. The van der Waals surface area contributed by atoms with Gasteiger partial charge in [-0.25, -0.2) is 18.2 Å². The molecule has 3 rings (SSSR count). The van der Waals surface area contributed by atoms with Gasteiger partial charge in [0.05, 0.1) is 24.3 Å². The van der Waals surface area contributed by atoms with Crippen molar-refractivity contribution in [2.75, 3.05) is 35.4 Å². The minimum Gasteiger partial charge on any atom is -0.448 e. The van der Waals surface area contributed by atoms with E-state index in [-0.39, 0.29) is 12.4 Å². The number of fused-ring (bicyclic) bond motifs is 1. The van der Waals surface area contributed by atoms with Gasteiger partial charge in [0.1, 0.15) is 6.61 Å². The van der Waals surface area contributed by atoms with Gasteiger partial charge in [0.25, 0.3) is 0 Å².